The molecule has 1 aliphatic carbocycles. The lowest BCUT2D eigenvalue weighted by Crippen LogP contribution is -2.20. The fraction of sp³-hybridized carbons (Fsp3) is 0.462. The van der Waals surface area contributed by atoms with Crippen molar-refractivity contribution in [3.05, 3.63) is 29.8 Å². The molecule has 2 aliphatic rings. The van der Waals surface area contributed by atoms with E-state index in [2.05, 4.69) is 5.32 Å². The molecular formula is C13H15NO. The maximum Gasteiger partial charge on any atom is 0.168 e. The third-order valence-corrected chi connectivity index (χ3v) is 3.74. The lowest BCUT2D eigenvalue weighted by atomic mass is 9.90. The first-order chi connectivity index (χ1) is 7.36. The first kappa shape index (κ1) is 8.96. The van der Waals surface area contributed by atoms with E-state index >= 15 is 0 Å². The predicted molar refractivity (Wildman–Crippen MR) is 60.1 cm³/mol. The molecule has 1 aromatic carbocycles. The van der Waals surface area contributed by atoms with Gasteiger partial charge >= 0.3 is 0 Å². The summed E-state index contributed by atoms with van der Waals surface area (Å²) in [7, 11) is 0. The van der Waals surface area contributed by atoms with Crippen molar-refractivity contribution < 1.29 is 4.79 Å². The highest BCUT2D eigenvalue weighted by atomic mass is 16.1. The molecule has 78 valence electrons. The highest BCUT2D eigenvalue weighted by Crippen LogP contribution is 2.37. The van der Waals surface area contributed by atoms with Gasteiger partial charge in [0.05, 0.1) is 0 Å². The number of anilines is 1. The fourth-order valence-electron chi connectivity index (χ4n) is 2.92. The summed E-state index contributed by atoms with van der Waals surface area (Å²) >= 11 is 0. The quantitative estimate of drug-likeness (QED) is 0.699. The Bertz CT molecular complexity index is 399. The monoisotopic (exact) mass is 201 g/mol. The van der Waals surface area contributed by atoms with Gasteiger partial charge < -0.3 is 5.32 Å². The van der Waals surface area contributed by atoms with Gasteiger partial charge in [-0.15, -0.1) is 0 Å². The van der Waals surface area contributed by atoms with Crippen LogP contribution in [-0.2, 0) is 0 Å². The first-order valence-electron chi connectivity index (χ1n) is 5.73. The van der Waals surface area contributed by atoms with Gasteiger partial charge in [-0.2, -0.15) is 0 Å². The molecule has 2 heteroatoms. The second-order valence-corrected chi connectivity index (χ2v) is 4.59. The van der Waals surface area contributed by atoms with E-state index in [1.165, 1.54) is 12.8 Å². The van der Waals surface area contributed by atoms with Crippen molar-refractivity contribution in [2.45, 2.75) is 19.3 Å². The Morgan fingerprint density at radius 2 is 2.07 bits per heavy atom. The van der Waals surface area contributed by atoms with E-state index in [9.17, 15) is 4.79 Å². The van der Waals surface area contributed by atoms with Crippen LogP contribution in [0.25, 0.3) is 0 Å². The summed E-state index contributed by atoms with van der Waals surface area (Å²) in [6.45, 7) is 0.966. The summed E-state index contributed by atoms with van der Waals surface area (Å²) in [5.41, 5.74) is 1.92. The zero-order valence-electron chi connectivity index (χ0n) is 8.70. The molecule has 1 unspecified atom stereocenters. The van der Waals surface area contributed by atoms with E-state index in [1.54, 1.807) is 0 Å². The maximum absolute atomic E-state index is 12.3. The molecule has 0 radical (unpaired) electrons. The molecule has 1 fully saturated rings. The van der Waals surface area contributed by atoms with Crippen LogP contribution >= 0.6 is 0 Å². The average Bonchev–Trinajstić information content (AvgIpc) is 2.69. The zero-order valence-corrected chi connectivity index (χ0v) is 8.70. The van der Waals surface area contributed by atoms with Crippen LogP contribution in [0.2, 0.25) is 0 Å². The number of Topliss-reactive ketones (excluding diaryl/α,β-unsaturated/α-hetero) is 1. The lowest BCUT2D eigenvalue weighted by molar-refractivity contribution is 0.0900. The van der Waals surface area contributed by atoms with Crippen LogP contribution in [0.5, 0.6) is 0 Å². The van der Waals surface area contributed by atoms with E-state index in [1.807, 2.05) is 24.3 Å². The summed E-state index contributed by atoms with van der Waals surface area (Å²) in [6.07, 6.45) is 3.50. The third kappa shape index (κ3) is 1.36. The molecule has 1 saturated carbocycles. The Morgan fingerprint density at radius 3 is 3.00 bits per heavy atom. The Labute approximate surface area is 89.7 Å². The van der Waals surface area contributed by atoms with Crippen molar-refractivity contribution >= 4 is 11.5 Å². The summed E-state index contributed by atoms with van der Waals surface area (Å²) < 4.78 is 0. The molecule has 1 aromatic rings. The van der Waals surface area contributed by atoms with Gasteiger partial charge in [0.1, 0.15) is 0 Å². The molecule has 15 heavy (non-hydrogen) atoms. The highest BCUT2D eigenvalue weighted by Gasteiger charge is 2.36. The molecule has 1 aliphatic heterocycles. The van der Waals surface area contributed by atoms with E-state index in [0.29, 0.717) is 11.7 Å². The molecule has 0 bridgehead atoms. The molecule has 0 spiro atoms. The van der Waals surface area contributed by atoms with Crippen LogP contribution in [-0.4, -0.2) is 12.3 Å². The zero-order chi connectivity index (χ0) is 10.3. The number of benzene rings is 1. The minimum absolute atomic E-state index is 0.279. The van der Waals surface area contributed by atoms with Crippen molar-refractivity contribution in [3.63, 3.8) is 0 Å². The number of nitrogens with one attached hydrogen (secondary N) is 1. The first-order valence-corrected chi connectivity index (χ1v) is 5.73. The van der Waals surface area contributed by atoms with Gasteiger partial charge in [-0.25, -0.2) is 0 Å². The van der Waals surface area contributed by atoms with Gasteiger partial charge in [0.2, 0.25) is 0 Å². The molecule has 3 rings (SSSR count). The number of carbonyl (C=O) groups is 1. The molecule has 1 N–H and O–H groups in total. The second-order valence-electron chi connectivity index (χ2n) is 4.59. The average molecular weight is 201 g/mol. The number of para-hydroxylation sites is 1. The predicted octanol–water partition coefficient (Wildman–Crippen LogP) is 2.71. The molecular weight excluding hydrogens is 186 g/mol. The van der Waals surface area contributed by atoms with Crippen molar-refractivity contribution in [1.82, 2.24) is 0 Å². The van der Waals surface area contributed by atoms with Crippen LogP contribution in [0.3, 0.4) is 0 Å². The van der Waals surface area contributed by atoms with Crippen molar-refractivity contribution in [2.75, 3.05) is 11.9 Å². The molecule has 2 nitrogen and oxygen atoms in total. The van der Waals surface area contributed by atoms with Gasteiger partial charge in [-0.05, 0) is 30.9 Å². The third-order valence-electron chi connectivity index (χ3n) is 3.74. The minimum atomic E-state index is 0.279. The van der Waals surface area contributed by atoms with Crippen LogP contribution < -0.4 is 5.32 Å². The van der Waals surface area contributed by atoms with Crippen LogP contribution in [0.15, 0.2) is 24.3 Å². The number of ketones is 1. The van der Waals surface area contributed by atoms with Gasteiger partial charge in [0.25, 0.3) is 0 Å². The Balaban J connectivity index is 2.04. The summed E-state index contributed by atoms with van der Waals surface area (Å²) in [4.78, 5) is 12.3. The second kappa shape index (κ2) is 3.37. The molecule has 0 aromatic heterocycles. The number of hydrogen-bond acceptors (Lipinski definition) is 2. The minimum Gasteiger partial charge on any atom is -0.384 e. The maximum atomic E-state index is 12.3. The SMILES string of the molecule is O=C1c2ccccc2NC[C@@H]2CCCC12. The number of rotatable bonds is 0. The van der Waals surface area contributed by atoms with E-state index < -0.39 is 0 Å². The largest absolute Gasteiger partial charge is 0.384 e. The van der Waals surface area contributed by atoms with Crippen LogP contribution in [0.4, 0.5) is 5.69 Å². The molecule has 0 saturated heterocycles. The molecule has 1 heterocycles. The van der Waals surface area contributed by atoms with Crippen molar-refractivity contribution in [2.24, 2.45) is 11.8 Å². The normalized spacial score (nSPS) is 28.9. The summed E-state index contributed by atoms with van der Waals surface area (Å²) in [6, 6.07) is 7.90. The van der Waals surface area contributed by atoms with Crippen molar-refractivity contribution in [3.8, 4) is 0 Å². The van der Waals surface area contributed by atoms with Gasteiger partial charge in [-0.3, -0.25) is 4.79 Å². The van der Waals surface area contributed by atoms with Crippen molar-refractivity contribution in [1.29, 1.82) is 0 Å². The van der Waals surface area contributed by atoms with E-state index in [4.69, 9.17) is 0 Å². The molecule has 2 atom stereocenters. The summed E-state index contributed by atoms with van der Waals surface area (Å²) in [5, 5.41) is 3.41. The Morgan fingerprint density at radius 1 is 1.20 bits per heavy atom. The van der Waals surface area contributed by atoms with E-state index in [-0.39, 0.29) is 5.92 Å². The standard InChI is InChI=1S/C13H15NO/c15-13-10-6-3-4-9(10)8-14-12-7-2-1-5-11(12)13/h1-2,5,7,9-10,14H,3-4,6,8H2/t9-,10?/m0/s1. The Hall–Kier alpha value is -1.31. The topological polar surface area (TPSA) is 29.1 Å². The van der Waals surface area contributed by atoms with Crippen LogP contribution in [0, 0.1) is 11.8 Å². The van der Waals surface area contributed by atoms with E-state index in [0.717, 1.165) is 24.2 Å². The number of hydrogen-bond donors (Lipinski definition) is 1. The molecule has 0 amide bonds. The Kier molecular flexibility index (Phi) is 2.01. The van der Waals surface area contributed by atoms with Gasteiger partial charge in [-0.1, -0.05) is 18.6 Å². The van der Waals surface area contributed by atoms with Gasteiger partial charge in [0.15, 0.2) is 5.78 Å². The van der Waals surface area contributed by atoms with Gasteiger partial charge in [0, 0.05) is 23.7 Å². The van der Waals surface area contributed by atoms with Crippen LogP contribution in [0.1, 0.15) is 29.6 Å². The number of carbonyl (C=O) groups excluding carboxylic acids is 1. The summed E-state index contributed by atoms with van der Waals surface area (Å²) in [5.74, 6) is 1.20. The highest BCUT2D eigenvalue weighted by molar-refractivity contribution is 6.03. The smallest absolute Gasteiger partial charge is 0.168 e. The lowest BCUT2D eigenvalue weighted by Gasteiger charge is -2.13. The number of fused-ring (bicyclic) bond motifs is 2. The fourth-order valence-corrected chi connectivity index (χ4v) is 2.92.